The van der Waals surface area contributed by atoms with E-state index in [1.54, 1.807) is 52.2 Å². The van der Waals surface area contributed by atoms with Crippen LogP contribution in [0.25, 0.3) is 0 Å². The number of carbonyl (C=O) groups is 10. The Morgan fingerprint density at radius 2 is 1.33 bits per heavy atom. The van der Waals surface area contributed by atoms with Gasteiger partial charge >= 0.3 is 12.1 Å². The van der Waals surface area contributed by atoms with Gasteiger partial charge in [-0.1, -0.05) is 129 Å². The number of primary amides is 1. The van der Waals surface area contributed by atoms with E-state index in [0.29, 0.717) is 36.1 Å². The minimum Gasteiger partial charge on any atom is -0.445 e. The first-order valence-corrected chi connectivity index (χ1v) is 30.9. The molecule has 1 heterocycles. The van der Waals surface area contributed by atoms with Crippen molar-refractivity contribution in [2.75, 3.05) is 32.5 Å². The van der Waals surface area contributed by atoms with E-state index >= 15 is 0 Å². The number of imide groups is 1. The van der Waals surface area contributed by atoms with E-state index in [1.807, 2.05) is 78.8 Å². The molecule has 0 bridgehead atoms. The molecule has 88 heavy (non-hydrogen) atoms. The summed E-state index contributed by atoms with van der Waals surface area (Å²) < 4.78 is 34.4. The fraction of sp³-hybridized carbons (Fsp3) is 0.492. The lowest BCUT2D eigenvalue weighted by atomic mass is 9.76. The number of nitrogens with zero attached hydrogens (tertiary/aromatic N) is 2. The summed E-state index contributed by atoms with van der Waals surface area (Å²) in [7, 11) is -1.11. The average Bonchev–Trinajstić information content (AvgIpc) is 1.41. The van der Waals surface area contributed by atoms with Gasteiger partial charge in [-0.15, -0.1) is 0 Å². The highest BCUT2D eigenvalue weighted by atomic mass is 32.2. The number of nitrogens with two attached hydrogens (primary N) is 1. The number of urea groups is 1. The maximum absolute atomic E-state index is 14.4. The minimum atomic E-state index is -4.39. The molecule has 1 aliphatic heterocycles. The highest BCUT2D eigenvalue weighted by Crippen LogP contribution is 2.29. The van der Waals surface area contributed by atoms with Gasteiger partial charge in [0, 0.05) is 61.9 Å². The molecule has 0 aromatic heterocycles. The number of hydrogen-bond donors (Lipinski definition) is 9. The van der Waals surface area contributed by atoms with Gasteiger partial charge in [0.2, 0.25) is 29.5 Å². The Balaban J connectivity index is 1.29. The molecule has 10 N–H and O–H groups in total. The highest BCUT2D eigenvalue weighted by molar-refractivity contribution is 7.90. The van der Waals surface area contributed by atoms with Crippen LogP contribution in [0.2, 0.25) is 0 Å². The molecule has 3 aromatic rings. The number of unbranched alkanes of at least 4 members (excludes halogenated alkanes) is 2. The fourth-order valence-electron chi connectivity index (χ4n) is 9.71. The third-order valence-corrected chi connectivity index (χ3v) is 16.3. The predicted octanol–water partition coefficient (Wildman–Crippen LogP) is 4.94. The van der Waals surface area contributed by atoms with E-state index in [2.05, 4.69) is 41.9 Å². The number of hydrogen-bond acceptors (Lipinski definition) is 14. The predicted molar refractivity (Wildman–Crippen MR) is 333 cm³/mol. The van der Waals surface area contributed by atoms with E-state index in [9.17, 15) is 56.4 Å². The van der Waals surface area contributed by atoms with Crippen molar-refractivity contribution in [3.05, 3.63) is 119 Å². The number of likely N-dealkylation sites (N-methyl/N-ethyl adjacent to an activating group) is 2. The van der Waals surface area contributed by atoms with Crippen LogP contribution >= 0.6 is 0 Å². The van der Waals surface area contributed by atoms with Gasteiger partial charge in [-0.25, -0.2) is 22.7 Å². The quantitative estimate of drug-likeness (QED) is 0.0227. The SMILES string of the molecule is CN[C@H](C(=O)NC(C(=O)N(C)[C@H](/C=C(\C)C(=O)NS(=O)(=O)c1ccc(CNC(=O)OCc2ccc(NC(=O)[C@@H](CCCNC(N)=O)NC(=O)[C@H](NC(=O)CCCCCN3C(=O)C=CC3=O)C(C)C)cc2)cc1)C(C)C)C(C)(C)C)C(C)(C)c1ccccc1. The topological polar surface area (TPSA) is 343 Å². The lowest BCUT2D eigenvalue weighted by Crippen LogP contribution is -2.61. The van der Waals surface area contributed by atoms with Crippen LogP contribution < -0.4 is 47.7 Å². The zero-order valence-electron chi connectivity index (χ0n) is 52.5. The second kappa shape index (κ2) is 33.1. The van der Waals surface area contributed by atoms with Crippen molar-refractivity contribution >= 4 is 75.1 Å². The first kappa shape index (κ1) is 72.0. The molecule has 3 aromatic carbocycles. The van der Waals surface area contributed by atoms with Crippen LogP contribution in [0.5, 0.6) is 0 Å². The number of sulfonamides is 1. The maximum Gasteiger partial charge on any atom is 0.407 e. The Kier molecular flexibility index (Phi) is 27.1. The normalized spacial score (nSPS) is 14.5. The molecule has 24 nitrogen and oxygen atoms in total. The Morgan fingerprint density at radius 1 is 0.716 bits per heavy atom. The molecule has 480 valence electrons. The van der Waals surface area contributed by atoms with E-state index in [4.69, 9.17) is 10.5 Å². The van der Waals surface area contributed by atoms with Crippen molar-refractivity contribution in [3.8, 4) is 0 Å². The van der Waals surface area contributed by atoms with Gasteiger partial charge in [0.1, 0.15) is 24.7 Å². The monoisotopic (exact) mass is 1240 g/mol. The summed E-state index contributed by atoms with van der Waals surface area (Å²) in [5, 5.41) is 19.4. The smallest absolute Gasteiger partial charge is 0.407 e. The van der Waals surface area contributed by atoms with Crippen LogP contribution in [0.4, 0.5) is 15.3 Å². The summed E-state index contributed by atoms with van der Waals surface area (Å²) in [6.07, 6.45) is 5.13. The lowest BCUT2D eigenvalue weighted by molar-refractivity contribution is -0.141. The van der Waals surface area contributed by atoms with Crippen molar-refractivity contribution in [3.63, 3.8) is 0 Å². The van der Waals surface area contributed by atoms with Crippen molar-refractivity contribution in [1.29, 1.82) is 0 Å². The molecule has 0 spiro atoms. The van der Waals surface area contributed by atoms with Gasteiger partial charge in [-0.3, -0.25) is 43.3 Å². The fourth-order valence-corrected chi connectivity index (χ4v) is 10.7. The van der Waals surface area contributed by atoms with Gasteiger partial charge < -0.3 is 52.6 Å². The highest BCUT2D eigenvalue weighted by Gasteiger charge is 2.42. The average molecular weight is 1240 g/mol. The van der Waals surface area contributed by atoms with Gasteiger partial charge in [-0.2, -0.15) is 0 Å². The third-order valence-electron chi connectivity index (χ3n) is 15.0. The lowest BCUT2D eigenvalue weighted by Gasteiger charge is -2.40. The summed E-state index contributed by atoms with van der Waals surface area (Å²) >= 11 is 0. The maximum atomic E-state index is 14.4. The zero-order valence-corrected chi connectivity index (χ0v) is 53.4. The molecule has 0 saturated carbocycles. The van der Waals surface area contributed by atoms with Crippen LogP contribution in [0.1, 0.15) is 124 Å². The second-order valence-electron chi connectivity index (χ2n) is 24.1. The number of carbonyl (C=O) groups excluding carboxylic acids is 10. The molecule has 0 saturated heterocycles. The van der Waals surface area contributed by atoms with E-state index < -0.39 is 86.8 Å². The number of ether oxygens (including phenoxy) is 1. The minimum absolute atomic E-state index is 0.0342. The van der Waals surface area contributed by atoms with Gasteiger partial charge in [0.25, 0.3) is 27.7 Å². The number of rotatable bonds is 32. The molecule has 1 aliphatic rings. The molecule has 0 fully saturated rings. The number of anilines is 1. The molecular formula is C63H89N11O13S. The number of benzene rings is 3. The molecule has 25 heteroatoms. The van der Waals surface area contributed by atoms with Crippen LogP contribution in [0.15, 0.2) is 108 Å². The summed E-state index contributed by atoms with van der Waals surface area (Å²) in [4.78, 5) is 132. The molecular weight excluding hydrogens is 1150 g/mol. The molecule has 4 rings (SSSR count). The molecule has 1 unspecified atom stereocenters. The number of amides is 11. The molecule has 0 radical (unpaired) electrons. The summed E-state index contributed by atoms with van der Waals surface area (Å²) in [6.45, 7) is 18.2. The third kappa shape index (κ3) is 21.7. The van der Waals surface area contributed by atoms with Crippen molar-refractivity contribution < 1.29 is 61.1 Å². The molecule has 0 aliphatic carbocycles. The van der Waals surface area contributed by atoms with E-state index in [1.165, 1.54) is 54.3 Å². The van der Waals surface area contributed by atoms with Crippen molar-refractivity contribution in [2.24, 2.45) is 23.0 Å². The second-order valence-corrected chi connectivity index (χ2v) is 25.8. The van der Waals surface area contributed by atoms with Crippen molar-refractivity contribution in [1.82, 2.24) is 46.4 Å². The standard InChI is InChI=1S/C63H89N11O13S/c1-39(2)48(73(12)59(82)54(62(6,7)8)71-58(81)53(65-11)63(9,10)44-20-15-13-16-21-44)36-41(5)55(78)72-88(85,86)46-30-26-42(27-31-46)37-67-61(84)87-38-43-24-28-45(29-25-43)68-56(79)47(22-19-34-66-60(64)83)69-57(80)52(40(3)4)70-49(75)23-17-14-18-35-74-50(76)32-33-51(74)77/h13,15-16,20-21,24-33,36,39-40,47-48,52-54,65H,14,17-19,22-23,34-35,37-38H2,1-12H3,(H,67,84)(H,68,79)(H,69,80)(H,70,75)(H,71,81)(H,72,78)(H3,64,66,83)/b41-36+/t47-,48-,52-,53-,54?/m1/s1. The largest absolute Gasteiger partial charge is 0.445 e. The van der Waals surface area contributed by atoms with Gasteiger partial charge in [0.05, 0.1) is 17.0 Å². The summed E-state index contributed by atoms with van der Waals surface area (Å²) in [5.41, 5.74) is 6.20. The first-order chi connectivity index (χ1) is 41.3. The summed E-state index contributed by atoms with van der Waals surface area (Å²) in [6, 6.07) is 16.2. The van der Waals surface area contributed by atoms with Crippen LogP contribution in [-0.2, 0) is 71.7 Å². The Hall–Kier alpha value is -8.45. The van der Waals surface area contributed by atoms with Gasteiger partial charge in [0.15, 0.2) is 0 Å². The van der Waals surface area contributed by atoms with Crippen molar-refractivity contribution in [2.45, 2.75) is 161 Å². The number of nitrogens with one attached hydrogen (secondary N) is 8. The van der Waals surface area contributed by atoms with Crippen LogP contribution in [0, 0.1) is 17.3 Å². The Morgan fingerprint density at radius 3 is 1.90 bits per heavy atom. The van der Waals surface area contributed by atoms with Crippen LogP contribution in [-0.4, -0.2) is 135 Å². The zero-order chi connectivity index (χ0) is 65.7. The molecule has 11 amide bonds. The first-order valence-electron chi connectivity index (χ1n) is 29.4. The van der Waals surface area contributed by atoms with Crippen LogP contribution in [0.3, 0.4) is 0 Å². The van der Waals surface area contributed by atoms with E-state index in [0.717, 1.165) is 10.5 Å². The van der Waals surface area contributed by atoms with E-state index in [-0.39, 0.29) is 91.4 Å². The van der Waals surface area contributed by atoms with Gasteiger partial charge in [-0.05, 0) is 97.9 Å². The summed E-state index contributed by atoms with van der Waals surface area (Å²) in [5.74, 6) is -4.59. The molecule has 5 atom stereocenters. The number of alkyl carbamates (subject to hydrolysis) is 1. The Labute approximate surface area is 516 Å². The Bertz CT molecular complexity index is 3110.